The monoisotopic (exact) mass is 403 g/mol. The molecule has 3 rings (SSSR count). The SMILES string of the molecule is COc1ccc(CC(=O)N2CCCN2C(=O)c2c(C)noc2C)c(OC)c1OC. The highest BCUT2D eigenvalue weighted by Crippen LogP contribution is 2.40. The smallest absolute Gasteiger partial charge is 0.277 e. The van der Waals surface area contributed by atoms with Crippen molar-refractivity contribution in [3.05, 3.63) is 34.7 Å². The van der Waals surface area contributed by atoms with Gasteiger partial charge in [0, 0.05) is 18.7 Å². The molecular weight excluding hydrogens is 378 g/mol. The zero-order valence-corrected chi connectivity index (χ0v) is 17.3. The molecule has 2 heterocycles. The van der Waals surface area contributed by atoms with E-state index in [2.05, 4.69) is 5.16 Å². The van der Waals surface area contributed by atoms with E-state index in [-0.39, 0.29) is 18.2 Å². The molecule has 1 aliphatic heterocycles. The van der Waals surface area contributed by atoms with Gasteiger partial charge in [0.05, 0.1) is 33.4 Å². The van der Waals surface area contributed by atoms with Crippen LogP contribution in [0.1, 0.15) is 33.8 Å². The fraction of sp³-hybridized carbons (Fsp3) is 0.450. The first-order valence-electron chi connectivity index (χ1n) is 9.25. The van der Waals surface area contributed by atoms with Crippen LogP contribution in [0.5, 0.6) is 17.2 Å². The zero-order valence-electron chi connectivity index (χ0n) is 17.3. The van der Waals surface area contributed by atoms with Gasteiger partial charge < -0.3 is 18.7 Å². The molecule has 9 heteroatoms. The van der Waals surface area contributed by atoms with Crippen LogP contribution in [0.2, 0.25) is 0 Å². The van der Waals surface area contributed by atoms with Crippen LogP contribution in [0.15, 0.2) is 16.7 Å². The minimum atomic E-state index is -0.286. The highest BCUT2D eigenvalue weighted by molar-refractivity contribution is 5.97. The summed E-state index contributed by atoms with van der Waals surface area (Å²) in [7, 11) is 4.55. The number of aromatic nitrogens is 1. The van der Waals surface area contributed by atoms with Crippen LogP contribution in [-0.2, 0) is 11.2 Å². The molecule has 0 spiro atoms. The van der Waals surface area contributed by atoms with E-state index in [1.807, 2.05) is 0 Å². The lowest BCUT2D eigenvalue weighted by molar-refractivity contribution is -0.139. The Morgan fingerprint density at radius 3 is 2.31 bits per heavy atom. The second-order valence-corrected chi connectivity index (χ2v) is 6.67. The number of hydrazine groups is 1. The molecule has 0 radical (unpaired) electrons. The van der Waals surface area contributed by atoms with Gasteiger partial charge in [0.15, 0.2) is 11.5 Å². The molecule has 9 nitrogen and oxygen atoms in total. The largest absolute Gasteiger partial charge is 0.493 e. The Bertz CT molecular complexity index is 904. The Morgan fingerprint density at radius 1 is 1.03 bits per heavy atom. The second-order valence-electron chi connectivity index (χ2n) is 6.67. The Labute approximate surface area is 169 Å². The first kappa shape index (κ1) is 20.5. The highest BCUT2D eigenvalue weighted by atomic mass is 16.5. The van der Waals surface area contributed by atoms with Crippen molar-refractivity contribution in [2.24, 2.45) is 0 Å². The van der Waals surface area contributed by atoms with Crippen LogP contribution in [0, 0.1) is 13.8 Å². The molecule has 156 valence electrons. The summed E-state index contributed by atoms with van der Waals surface area (Å²) in [6, 6.07) is 3.48. The van der Waals surface area contributed by atoms with Crippen molar-refractivity contribution in [3.63, 3.8) is 0 Å². The van der Waals surface area contributed by atoms with Crippen molar-refractivity contribution in [2.45, 2.75) is 26.7 Å². The maximum atomic E-state index is 13.1. The normalized spacial score (nSPS) is 13.6. The van der Waals surface area contributed by atoms with Gasteiger partial charge in [0.25, 0.3) is 5.91 Å². The molecule has 0 bridgehead atoms. The van der Waals surface area contributed by atoms with Crippen LogP contribution in [0.25, 0.3) is 0 Å². The third kappa shape index (κ3) is 3.72. The molecule has 0 unspecified atom stereocenters. The van der Waals surface area contributed by atoms with Gasteiger partial charge in [-0.15, -0.1) is 0 Å². The number of carbonyl (C=O) groups excluding carboxylic acids is 2. The fourth-order valence-electron chi connectivity index (χ4n) is 3.56. The summed E-state index contributed by atoms with van der Waals surface area (Å²) in [5.41, 5.74) is 1.55. The number of ether oxygens (including phenoxy) is 3. The average molecular weight is 403 g/mol. The van der Waals surface area contributed by atoms with Crippen molar-refractivity contribution < 1.29 is 28.3 Å². The van der Waals surface area contributed by atoms with Gasteiger partial charge in [0.2, 0.25) is 11.7 Å². The summed E-state index contributed by atoms with van der Waals surface area (Å²) in [6.45, 7) is 4.31. The van der Waals surface area contributed by atoms with Gasteiger partial charge in [0.1, 0.15) is 11.3 Å². The predicted octanol–water partition coefficient (Wildman–Crippen LogP) is 2.15. The lowest BCUT2D eigenvalue weighted by Gasteiger charge is -2.28. The van der Waals surface area contributed by atoms with Crippen LogP contribution >= 0.6 is 0 Å². The first-order chi connectivity index (χ1) is 13.9. The Balaban J connectivity index is 1.84. The van der Waals surface area contributed by atoms with E-state index in [1.54, 1.807) is 26.0 Å². The number of nitrogens with zero attached hydrogens (tertiary/aromatic N) is 3. The van der Waals surface area contributed by atoms with E-state index in [4.69, 9.17) is 18.7 Å². The summed E-state index contributed by atoms with van der Waals surface area (Å²) >= 11 is 0. The van der Waals surface area contributed by atoms with Gasteiger partial charge in [-0.2, -0.15) is 0 Å². The zero-order chi connectivity index (χ0) is 21.1. The molecule has 1 aromatic carbocycles. The van der Waals surface area contributed by atoms with Gasteiger partial charge in [-0.1, -0.05) is 11.2 Å². The highest BCUT2D eigenvalue weighted by Gasteiger charge is 2.34. The van der Waals surface area contributed by atoms with Crippen LogP contribution in [-0.4, -0.2) is 61.4 Å². The molecule has 1 aliphatic rings. The van der Waals surface area contributed by atoms with Crippen LogP contribution in [0.4, 0.5) is 0 Å². The molecule has 0 aliphatic carbocycles. The Morgan fingerprint density at radius 2 is 1.72 bits per heavy atom. The molecule has 0 atom stereocenters. The second kappa shape index (κ2) is 8.42. The molecule has 1 saturated heterocycles. The predicted molar refractivity (Wildman–Crippen MR) is 103 cm³/mol. The third-order valence-corrected chi connectivity index (χ3v) is 4.93. The van der Waals surface area contributed by atoms with E-state index < -0.39 is 0 Å². The van der Waals surface area contributed by atoms with Gasteiger partial charge >= 0.3 is 0 Å². The minimum absolute atomic E-state index is 0.0505. The minimum Gasteiger partial charge on any atom is -0.493 e. The van der Waals surface area contributed by atoms with E-state index in [1.165, 1.54) is 31.3 Å². The summed E-state index contributed by atoms with van der Waals surface area (Å²) < 4.78 is 21.2. The van der Waals surface area contributed by atoms with Gasteiger partial charge in [-0.3, -0.25) is 14.6 Å². The van der Waals surface area contributed by atoms with Crippen molar-refractivity contribution >= 4 is 11.8 Å². The number of carbonyl (C=O) groups is 2. The number of methoxy groups -OCH3 is 3. The van der Waals surface area contributed by atoms with Crippen molar-refractivity contribution in [1.82, 2.24) is 15.2 Å². The van der Waals surface area contributed by atoms with Crippen molar-refractivity contribution in [3.8, 4) is 17.2 Å². The van der Waals surface area contributed by atoms with E-state index >= 15 is 0 Å². The van der Waals surface area contributed by atoms with Crippen LogP contribution in [0.3, 0.4) is 0 Å². The maximum absolute atomic E-state index is 13.1. The summed E-state index contributed by atoms with van der Waals surface area (Å²) in [6.07, 6.45) is 0.749. The van der Waals surface area contributed by atoms with Crippen molar-refractivity contribution in [1.29, 1.82) is 0 Å². The molecule has 2 amide bonds. The number of hydrogen-bond donors (Lipinski definition) is 0. The number of rotatable bonds is 6. The van der Waals surface area contributed by atoms with E-state index in [9.17, 15) is 9.59 Å². The molecule has 29 heavy (non-hydrogen) atoms. The maximum Gasteiger partial charge on any atom is 0.277 e. The number of benzene rings is 1. The van der Waals surface area contributed by atoms with Gasteiger partial charge in [-0.25, -0.2) is 5.01 Å². The molecular formula is C20H25N3O6. The first-order valence-corrected chi connectivity index (χ1v) is 9.25. The number of amides is 2. The molecule has 2 aromatic rings. The fourth-order valence-corrected chi connectivity index (χ4v) is 3.56. The number of hydrogen-bond acceptors (Lipinski definition) is 7. The molecule has 1 aromatic heterocycles. The third-order valence-electron chi connectivity index (χ3n) is 4.93. The summed E-state index contributed by atoms with van der Waals surface area (Å²) in [5.74, 6) is 1.30. The number of aryl methyl sites for hydroxylation is 2. The summed E-state index contributed by atoms with van der Waals surface area (Å²) in [4.78, 5) is 26.1. The lowest BCUT2D eigenvalue weighted by atomic mass is 10.1. The van der Waals surface area contributed by atoms with Gasteiger partial charge in [-0.05, 0) is 26.3 Å². The van der Waals surface area contributed by atoms with E-state index in [0.29, 0.717) is 59.3 Å². The van der Waals surface area contributed by atoms with Crippen molar-refractivity contribution in [2.75, 3.05) is 34.4 Å². The quantitative estimate of drug-likeness (QED) is 0.729. The topological polar surface area (TPSA) is 94.3 Å². The summed E-state index contributed by atoms with van der Waals surface area (Å²) in [5, 5.41) is 6.77. The lowest BCUT2D eigenvalue weighted by Crippen LogP contribution is -2.45. The average Bonchev–Trinajstić information content (AvgIpc) is 3.33. The molecule has 1 fully saturated rings. The molecule has 0 N–H and O–H groups in total. The molecule has 0 saturated carbocycles. The standard InChI is InChI=1S/C20H25N3O6/c1-12-17(13(2)29-21-12)20(25)23-10-6-9-22(23)16(24)11-14-7-8-15(26-3)19(28-5)18(14)27-4/h7-8H,6,9-11H2,1-5H3. The Hall–Kier alpha value is -3.23. The Kier molecular flexibility index (Phi) is 5.95. The van der Waals surface area contributed by atoms with E-state index in [0.717, 1.165) is 0 Å². The van der Waals surface area contributed by atoms with Crippen LogP contribution < -0.4 is 14.2 Å².